The first kappa shape index (κ1) is 14.2. The molecule has 3 N–H and O–H groups in total. The smallest absolute Gasteiger partial charge is 0.162 e. The molecule has 0 spiro atoms. The maximum Gasteiger partial charge on any atom is 0.162 e. The molecular weight excluding hydrogens is 254 g/mol. The van der Waals surface area contributed by atoms with E-state index in [4.69, 9.17) is 4.74 Å². The van der Waals surface area contributed by atoms with Crippen molar-refractivity contribution in [1.82, 2.24) is 0 Å². The van der Waals surface area contributed by atoms with Gasteiger partial charge in [0, 0.05) is 24.9 Å². The number of phenols is 2. The van der Waals surface area contributed by atoms with Gasteiger partial charge in [0.05, 0.1) is 6.61 Å². The number of methoxy groups -OCH3 is 1. The fourth-order valence-corrected chi connectivity index (χ4v) is 2.03. The van der Waals surface area contributed by atoms with Crippen LogP contribution in [0.15, 0.2) is 42.5 Å². The van der Waals surface area contributed by atoms with E-state index in [1.165, 1.54) is 6.07 Å². The Morgan fingerprint density at radius 2 is 1.75 bits per heavy atom. The Morgan fingerprint density at radius 3 is 2.55 bits per heavy atom. The van der Waals surface area contributed by atoms with E-state index in [2.05, 4.69) is 5.32 Å². The molecule has 0 saturated heterocycles. The Kier molecular flexibility index (Phi) is 4.85. The molecule has 0 fully saturated rings. The molecule has 20 heavy (non-hydrogen) atoms. The molecule has 2 aromatic rings. The summed E-state index contributed by atoms with van der Waals surface area (Å²) in [5.74, 6) is -0.175. The second-order valence-electron chi connectivity index (χ2n) is 4.54. The van der Waals surface area contributed by atoms with E-state index < -0.39 is 0 Å². The third kappa shape index (κ3) is 3.42. The minimum atomic E-state index is -0.100. The van der Waals surface area contributed by atoms with Crippen LogP contribution in [0.4, 0.5) is 5.69 Å². The van der Waals surface area contributed by atoms with Gasteiger partial charge >= 0.3 is 0 Å². The fraction of sp³-hybridized carbons (Fsp3) is 0.250. The summed E-state index contributed by atoms with van der Waals surface area (Å²) in [7, 11) is 1.68. The lowest BCUT2D eigenvalue weighted by atomic mass is 10.1. The molecule has 4 nitrogen and oxygen atoms in total. The molecular formula is C16H19NO3. The van der Waals surface area contributed by atoms with Crippen LogP contribution >= 0.6 is 0 Å². The van der Waals surface area contributed by atoms with Gasteiger partial charge < -0.3 is 20.3 Å². The van der Waals surface area contributed by atoms with Crippen molar-refractivity contribution in [2.75, 3.05) is 19.0 Å². The Labute approximate surface area is 118 Å². The highest BCUT2D eigenvalue weighted by molar-refractivity contribution is 5.53. The van der Waals surface area contributed by atoms with Crippen LogP contribution in [0.25, 0.3) is 0 Å². The Balaban J connectivity index is 2.09. The Bertz CT molecular complexity index is 569. The van der Waals surface area contributed by atoms with E-state index in [-0.39, 0.29) is 11.5 Å². The lowest BCUT2D eigenvalue weighted by molar-refractivity contribution is 0.202. The Hall–Kier alpha value is -2.20. The van der Waals surface area contributed by atoms with Crippen LogP contribution in [-0.2, 0) is 17.7 Å². The zero-order valence-corrected chi connectivity index (χ0v) is 11.5. The van der Waals surface area contributed by atoms with Crippen molar-refractivity contribution >= 4 is 5.69 Å². The zero-order valence-electron chi connectivity index (χ0n) is 11.5. The fourth-order valence-electron chi connectivity index (χ4n) is 2.03. The van der Waals surface area contributed by atoms with E-state index in [1.54, 1.807) is 19.2 Å². The van der Waals surface area contributed by atoms with Crippen LogP contribution in [0.5, 0.6) is 11.5 Å². The molecule has 0 atom stereocenters. The number of ether oxygens (including phenoxy) is 1. The summed E-state index contributed by atoms with van der Waals surface area (Å²) in [4.78, 5) is 0. The van der Waals surface area contributed by atoms with Crippen molar-refractivity contribution in [3.8, 4) is 11.5 Å². The van der Waals surface area contributed by atoms with Crippen LogP contribution in [0.2, 0.25) is 0 Å². The highest BCUT2D eigenvalue weighted by Gasteiger charge is 2.06. The third-order valence-electron chi connectivity index (χ3n) is 3.16. The highest BCUT2D eigenvalue weighted by Crippen LogP contribution is 2.29. The topological polar surface area (TPSA) is 61.7 Å². The number of nitrogens with one attached hydrogen (secondary N) is 1. The maximum atomic E-state index is 9.78. The van der Waals surface area contributed by atoms with Gasteiger partial charge in [0.15, 0.2) is 11.5 Å². The van der Waals surface area contributed by atoms with E-state index in [9.17, 15) is 10.2 Å². The van der Waals surface area contributed by atoms with Crippen LogP contribution in [-0.4, -0.2) is 23.9 Å². The molecule has 0 aliphatic carbocycles. The monoisotopic (exact) mass is 273 g/mol. The van der Waals surface area contributed by atoms with Crippen LogP contribution in [0.1, 0.15) is 11.1 Å². The molecule has 0 unspecified atom stereocenters. The van der Waals surface area contributed by atoms with Gasteiger partial charge in [-0.05, 0) is 24.1 Å². The van der Waals surface area contributed by atoms with Crippen molar-refractivity contribution in [1.29, 1.82) is 0 Å². The van der Waals surface area contributed by atoms with Gasteiger partial charge in [-0.3, -0.25) is 0 Å². The van der Waals surface area contributed by atoms with Gasteiger partial charge in [-0.1, -0.05) is 30.3 Å². The van der Waals surface area contributed by atoms with Gasteiger partial charge in [-0.25, -0.2) is 0 Å². The van der Waals surface area contributed by atoms with Crippen LogP contribution in [0, 0.1) is 0 Å². The second kappa shape index (κ2) is 6.82. The normalized spacial score (nSPS) is 10.4. The van der Waals surface area contributed by atoms with E-state index >= 15 is 0 Å². The van der Waals surface area contributed by atoms with Gasteiger partial charge in [-0.15, -0.1) is 0 Å². The lowest BCUT2D eigenvalue weighted by Gasteiger charge is -2.13. The summed E-state index contributed by atoms with van der Waals surface area (Å²) in [6.45, 7) is 1.11. The standard InChI is InChI=1S/C16H19NO3/c1-20-10-9-12-5-2-3-7-14(12)17-11-13-6-4-8-15(18)16(13)19/h2-8,17-19H,9-11H2,1H3. The number of para-hydroxylation sites is 2. The molecule has 0 amide bonds. The Morgan fingerprint density at radius 1 is 1.00 bits per heavy atom. The lowest BCUT2D eigenvalue weighted by Crippen LogP contribution is -2.04. The molecule has 0 bridgehead atoms. The third-order valence-corrected chi connectivity index (χ3v) is 3.16. The first-order valence-corrected chi connectivity index (χ1v) is 6.53. The van der Waals surface area contributed by atoms with Gasteiger partial charge in [-0.2, -0.15) is 0 Å². The first-order valence-electron chi connectivity index (χ1n) is 6.53. The molecule has 106 valence electrons. The summed E-state index contributed by atoms with van der Waals surface area (Å²) in [6.07, 6.45) is 0.825. The summed E-state index contributed by atoms with van der Waals surface area (Å²) in [6, 6.07) is 12.9. The molecule has 0 saturated carbocycles. The summed E-state index contributed by atoms with van der Waals surface area (Å²) < 4.78 is 5.10. The average Bonchev–Trinajstić information content (AvgIpc) is 2.47. The predicted molar refractivity (Wildman–Crippen MR) is 79.1 cm³/mol. The molecule has 2 rings (SSSR count). The molecule has 0 radical (unpaired) electrons. The van der Waals surface area contributed by atoms with Crippen molar-refractivity contribution < 1.29 is 14.9 Å². The molecule has 2 aromatic carbocycles. The van der Waals surface area contributed by atoms with Crippen LogP contribution < -0.4 is 5.32 Å². The minimum absolute atomic E-state index is 0.0747. The number of benzene rings is 2. The summed E-state index contributed by atoms with van der Waals surface area (Å²) >= 11 is 0. The molecule has 0 aliphatic rings. The van der Waals surface area contributed by atoms with Gasteiger partial charge in [0.2, 0.25) is 0 Å². The molecule has 0 aromatic heterocycles. The summed E-state index contributed by atoms with van der Waals surface area (Å²) in [5.41, 5.74) is 2.83. The number of phenolic OH excluding ortho intramolecular Hbond substituents is 2. The van der Waals surface area contributed by atoms with Gasteiger partial charge in [0.1, 0.15) is 0 Å². The van der Waals surface area contributed by atoms with Crippen molar-refractivity contribution in [2.24, 2.45) is 0 Å². The molecule has 0 aliphatic heterocycles. The largest absolute Gasteiger partial charge is 0.504 e. The number of anilines is 1. The summed E-state index contributed by atoms with van der Waals surface area (Å²) in [5, 5.41) is 22.5. The van der Waals surface area contributed by atoms with Crippen molar-refractivity contribution in [2.45, 2.75) is 13.0 Å². The molecule has 0 heterocycles. The SMILES string of the molecule is COCCc1ccccc1NCc1cccc(O)c1O. The number of hydrogen-bond donors (Lipinski definition) is 3. The number of hydrogen-bond acceptors (Lipinski definition) is 4. The number of aromatic hydroxyl groups is 2. The van der Waals surface area contributed by atoms with Crippen molar-refractivity contribution in [3.05, 3.63) is 53.6 Å². The zero-order chi connectivity index (χ0) is 14.4. The molecule has 4 heteroatoms. The van der Waals surface area contributed by atoms with Crippen molar-refractivity contribution in [3.63, 3.8) is 0 Å². The van der Waals surface area contributed by atoms with E-state index in [0.29, 0.717) is 18.7 Å². The van der Waals surface area contributed by atoms with E-state index in [0.717, 1.165) is 17.7 Å². The quantitative estimate of drug-likeness (QED) is 0.708. The maximum absolute atomic E-state index is 9.78. The predicted octanol–water partition coefficient (Wildman–Crippen LogP) is 2.90. The highest BCUT2D eigenvalue weighted by atomic mass is 16.5. The van der Waals surface area contributed by atoms with E-state index in [1.807, 2.05) is 24.3 Å². The average molecular weight is 273 g/mol. The number of rotatable bonds is 6. The first-order chi connectivity index (χ1) is 9.72. The minimum Gasteiger partial charge on any atom is -0.504 e. The van der Waals surface area contributed by atoms with Gasteiger partial charge in [0.25, 0.3) is 0 Å². The van der Waals surface area contributed by atoms with Crippen LogP contribution in [0.3, 0.4) is 0 Å². The second-order valence-corrected chi connectivity index (χ2v) is 4.54.